The third-order valence-corrected chi connectivity index (χ3v) is 4.13. The molecular weight excluding hydrogens is 290 g/mol. The maximum Gasteiger partial charge on any atom is 0.339 e. The first-order valence-corrected chi connectivity index (χ1v) is 6.95. The molecule has 0 aliphatic rings. The molecule has 21 heavy (non-hydrogen) atoms. The van der Waals surface area contributed by atoms with E-state index in [2.05, 4.69) is 0 Å². The van der Waals surface area contributed by atoms with Crippen LogP contribution in [0.1, 0.15) is 15.9 Å². The van der Waals surface area contributed by atoms with Crippen LogP contribution in [0.25, 0.3) is 0 Å². The number of hydrogen-bond acceptors (Lipinski definition) is 5. The van der Waals surface area contributed by atoms with E-state index in [0.29, 0.717) is 10.5 Å². The number of ether oxygens (including phenoxy) is 1. The number of rotatable bonds is 4. The molecule has 2 aromatic rings. The van der Waals surface area contributed by atoms with E-state index < -0.39 is 10.9 Å². The highest BCUT2D eigenvalue weighted by molar-refractivity contribution is 7.99. The Morgan fingerprint density at radius 3 is 2.57 bits per heavy atom. The fourth-order valence-electron chi connectivity index (χ4n) is 1.76. The summed E-state index contributed by atoms with van der Waals surface area (Å²) in [6, 6.07) is 11.7. The van der Waals surface area contributed by atoms with Crippen LogP contribution < -0.4 is 0 Å². The molecule has 0 N–H and O–H groups in total. The molecular formula is C15H13NO4S. The number of nitro groups is 1. The average molecular weight is 303 g/mol. The Hall–Kier alpha value is -2.34. The smallest absolute Gasteiger partial charge is 0.339 e. The Kier molecular flexibility index (Phi) is 4.59. The summed E-state index contributed by atoms with van der Waals surface area (Å²) in [7, 11) is 1.32. The lowest BCUT2D eigenvalue weighted by Crippen LogP contribution is -2.02. The summed E-state index contributed by atoms with van der Waals surface area (Å²) >= 11 is 1.31. The Bertz CT molecular complexity index is 700. The van der Waals surface area contributed by atoms with Crippen molar-refractivity contribution < 1.29 is 14.5 Å². The molecule has 6 heteroatoms. The zero-order chi connectivity index (χ0) is 15.4. The molecule has 0 unspecified atom stereocenters. The molecule has 0 amide bonds. The van der Waals surface area contributed by atoms with Crippen molar-refractivity contribution in [1.29, 1.82) is 0 Å². The highest BCUT2D eigenvalue weighted by atomic mass is 32.2. The molecule has 2 rings (SSSR count). The lowest BCUT2D eigenvalue weighted by molar-refractivity contribution is -0.385. The van der Waals surface area contributed by atoms with E-state index >= 15 is 0 Å². The van der Waals surface area contributed by atoms with Crippen molar-refractivity contribution in [2.45, 2.75) is 16.7 Å². The zero-order valence-corrected chi connectivity index (χ0v) is 12.3. The average Bonchev–Trinajstić information content (AvgIpc) is 2.49. The highest BCUT2D eigenvalue weighted by Gasteiger charge is 2.15. The number of nitro benzene ring substituents is 1. The van der Waals surface area contributed by atoms with Crippen molar-refractivity contribution in [3.8, 4) is 0 Å². The lowest BCUT2D eigenvalue weighted by atomic mass is 10.2. The summed E-state index contributed by atoms with van der Waals surface area (Å²) in [4.78, 5) is 23.6. The SMILES string of the molecule is COC(=O)c1ccccc1Sc1cc([N+](=O)[O-])ccc1C. The van der Waals surface area contributed by atoms with Gasteiger partial charge in [0, 0.05) is 21.9 Å². The maximum atomic E-state index is 11.7. The normalized spacial score (nSPS) is 10.2. The Morgan fingerprint density at radius 2 is 1.90 bits per heavy atom. The van der Waals surface area contributed by atoms with Crippen molar-refractivity contribution in [2.75, 3.05) is 7.11 Å². The van der Waals surface area contributed by atoms with Gasteiger partial charge in [0.05, 0.1) is 17.6 Å². The quantitative estimate of drug-likeness (QED) is 0.487. The van der Waals surface area contributed by atoms with Crippen LogP contribution in [0.5, 0.6) is 0 Å². The molecule has 0 fully saturated rings. The minimum atomic E-state index is -0.435. The van der Waals surface area contributed by atoms with Crippen LogP contribution in [-0.2, 0) is 4.74 Å². The molecule has 108 valence electrons. The predicted molar refractivity (Wildman–Crippen MR) is 79.7 cm³/mol. The molecule has 0 atom stereocenters. The van der Waals surface area contributed by atoms with Gasteiger partial charge in [-0.25, -0.2) is 4.79 Å². The number of benzene rings is 2. The topological polar surface area (TPSA) is 69.4 Å². The fraction of sp³-hybridized carbons (Fsp3) is 0.133. The summed E-state index contributed by atoms with van der Waals surface area (Å²) in [6.45, 7) is 1.87. The van der Waals surface area contributed by atoms with Gasteiger partial charge in [0.15, 0.2) is 0 Å². The number of carbonyl (C=O) groups is 1. The molecule has 5 nitrogen and oxygen atoms in total. The van der Waals surface area contributed by atoms with Crippen LogP contribution in [-0.4, -0.2) is 18.0 Å². The Morgan fingerprint density at radius 1 is 1.19 bits per heavy atom. The molecule has 2 aromatic carbocycles. The number of nitrogens with zero attached hydrogens (tertiary/aromatic N) is 1. The van der Waals surface area contributed by atoms with Crippen molar-refractivity contribution in [1.82, 2.24) is 0 Å². The number of aryl methyl sites for hydroxylation is 1. The van der Waals surface area contributed by atoms with Gasteiger partial charge in [-0.1, -0.05) is 30.0 Å². The first-order chi connectivity index (χ1) is 10.0. The molecule has 0 aromatic heterocycles. The van der Waals surface area contributed by atoms with Crippen molar-refractivity contribution >= 4 is 23.4 Å². The van der Waals surface area contributed by atoms with E-state index in [4.69, 9.17) is 4.74 Å². The summed E-state index contributed by atoms with van der Waals surface area (Å²) in [5.74, 6) is -0.429. The van der Waals surface area contributed by atoms with E-state index in [9.17, 15) is 14.9 Å². The van der Waals surface area contributed by atoms with Crippen LogP contribution >= 0.6 is 11.8 Å². The Labute approximate surface area is 126 Å². The maximum absolute atomic E-state index is 11.7. The number of methoxy groups -OCH3 is 1. The second-order valence-corrected chi connectivity index (χ2v) is 5.38. The fourth-order valence-corrected chi connectivity index (χ4v) is 2.82. The highest BCUT2D eigenvalue weighted by Crippen LogP contribution is 2.34. The van der Waals surface area contributed by atoms with Crippen LogP contribution in [0, 0.1) is 17.0 Å². The molecule has 0 aliphatic carbocycles. The number of non-ortho nitro benzene ring substituents is 1. The first kappa shape index (κ1) is 15.1. The number of esters is 1. The third-order valence-electron chi connectivity index (χ3n) is 2.89. The first-order valence-electron chi connectivity index (χ1n) is 6.13. The summed E-state index contributed by atoms with van der Waals surface area (Å²) in [5, 5.41) is 10.9. The Balaban J connectivity index is 2.41. The summed E-state index contributed by atoms with van der Waals surface area (Å²) in [5.41, 5.74) is 1.37. The number of hydrogen-bond donors (Lipinski definition) is 0. The molecule has 0 heterocycles. The van der Waals surface area contributed by atoms with Crippen molar-refractivity contribution in [3.05, 3.63) is 63.7 Å². The van der Waals surface area contributed by atoms with E-state index in [1.807, 2.05) is 13.0 Å². The lowest BCUT2D eigenvalue weighted by Gasteiger charge is -2.09. The van der Waals surface area contributed by atoms with Crippen molar-refractivity contribution in [3.63, 3.8) is 0 Å². The van der Waals surface area contributed by atoms with E-state index in [1.165, 1.54) is 31.0 Å². The van der Waals surface area contributed by atoms with Gasteiger partial charge >= 0.3 is 5.97 Å². The largest absolute Gasteiger partial charge is 0.465 e. The van der Waals surface area contributed by atoms with Crippen LogP contribution in [0.3, 0.4) is 0 Å². The van der Waals surface area contributed by atoms with E-state index in [1.54, 1.807) is 24.3 Å². The molecule has 0 saturated carbocycles. The molecule has 0 spiro atoms. The molecule has 0 saturated heterocycles. The second-order valence-electron chi connectivity index (χ2n) is 4.30. The third kappa shape index (κ3) is 3.41. The summed E-state index contributed by atoms with van der Waals surface area (Å²) < 4.78 is 4.75. The van der Waals surface area contributed by atoms with Crippen LogP contribution in [0.2, 0.25) is 0 Å². The monoisotopic (exact) mass is 303 g/mol. The zero-order valence-electron chi connectivity index (χ0n) is 11.5. The molecule has 0 aliphatic heterocycles. The van der Waals surface area contributed by atoms with E-state index in [-0.39, 0.29) is 5.69 Å². The predicted octanol–water partition coefficient (Wildman–Crippen LogP) is 3.84. The molecule has 0 bridgehead atoms. The minimum Gasteiger partial charge on any atom is -0.465 e. The van der Waals surface area contributed by atoms with Gasteiger partial charge < -0.3 is 4.74 Å². The van der Waals surface area contributed by atoms with Crippen LogP contribution in [0.15, 0.2) is 52.3 Å². The van der Waals surface area contributed by atoms with E-state index in [0.717, 1.165) is 10.5 Å². The minimum absolute atomic E-state index is 0.0265. The second kappa shape index (κ2) is 6.41. The van der Waals surface area contributed by atoms with Gasteiger partial charge in [-0.15, -0.1) is 0 Å². The number of carbonyl (C=O) groups excluding carboxylic acids is 1. The summed E-state index contributed by atoms with van der Waals surface area (Å²) in [6.07, 6.45) is 0. The van der Waals surface area contributed by atoms with Gasteiger partial charge in [-0.2, -0.15) is 0 Å². The van der Waals surface area contributed by atoms with Crippen LogP contribution in [0.4, 0.5) is 5.69 Å². The van der Waals surface area contributed by atoms with Gasteiger partial charge in [0.25, 0.3) is 5.69 Å². The van der Waals surface area contributed by atoms with Gasteiger partial charge in [0.2, 0.25) is 0 Å². The van der Waals surface area contributed by atoms with Gasteiger partial charge in [-0.05, 0) is 24.6 Å². The van der Waals surface area contributed by atoms with Gasteiger partial charge in [0.1, 0.15) is 0 Å². The van der Waals surface area contributed by atoms with Crippen molar-refractivity contribution in [2.24, 2.45) is 0 Å². The standard InChI is InChI=1S/C15H13NO4S/c1-10-7-8-11(16(18)19)9-14(10)21-13-6-4-3-5-12(13)15(17)20-2/h3-9H,1-2H3. The molecule has 0 radical (unpaired) electrons. The van der Waals surface area contributed by atoms with Gasteiger partial charge in [-0.3, -0.25) is 10.1 Å².